The van der Waals surface area contributed by atoms with E-state index in [0.717, 1.165) is 12.8 Å². The van der Waals surface area contributed by atoms with Gasteiger partial charge < -0.3 is 15.7 Å². The van der Waals surface area contributed by atoms with Crippen molar-refractivity contribution in [3.8, 4) is 0 Å². The standard InChI is InChI=1S/C13H17BrN2O3/c1-3-4-8(2)15-13(19)16-11-6-5-9(12(17)18)7-10(11)14/h5-8H,3-4H2,1-2H3,(H,17,18)(H2,15,16,19). The summed E-state index contributed by atoms with van der Waals surface area (Å²) < 4.78 is 0.533. The summed E-state index contributed by atoms with van der Waals surface area (Å²) in [7, 11) is 0. The first-order chi connectivity index (χ1) is 8.93. The van der Waals surface area contributed by atoms with Crippen LogP contribution in [0.3, 0.4) is 0 Å². The molecule has 6 heteroatoms. The van der Waals surface area contributed by atoms with E-state index in [-0.39, 0.29) is 17.6 Å². The maximum absolute atomic E-state index is 11.7. The van der Waals surface area contributed by atoms with Crippen LogP contribution in [-0.4, -0.2) is 23.1 Å². The fraction of sp³-hybridized carbons (Fsp3) is 0.385. The van der Waals surface area contributed by atoms with E-state index in [1.54, 1.807) is 6.07 Å². The maximum Gasteiger partial charge on any atom is 0.335 e. The lowest BCUT2D eigenvalue weighted by Gasteiger charge is -2.14. The molecule has 1 aromatic carbocycles. The predicted molar refractivity (Wildman–Crippen MR) is 77.6 cm³/mol. The lowest BCUT2D eigenvalue weighted by atomic mass is 10.2. The quantitative estimate of drug-likeness (QED) is 0.774. The first-order valence-corrected chi connectivity index (χ1v) is 6.83. The average Bonchev–Trinajstić information content (AvgIpc) is 2.31. The summed E-state index contributed by atoms with van der Waals surface area (Å²) in [5, 5.41) is 14.3. The molecule has 3 N–H and O–H groups in total. The molecular formula is C13H17BrN2O3. The van der Waals surface area contributed by atoms with Gasteiger partial charge in [-0.25, -0.2) is 9.59 Å². The van der Waals surface area contributed by atoms with Crippen LogP contribution in [0.2, 0.25) is 0 Å². The third-order valence-corrected chi connectivity index (χ3v) is 3.22. The zero-order valence-corrected chi connectivity index (χ0v) is 12.5. The highest BCUT2D eigenvalue weighted by Crippen LogP contribution is 2.23. The number of carbonyl (C=O) groups excluding carboxylic acids is 1. The van der Waals surface area contributed by atoms with Crippen LogP contribution < -0.4 is 10.6 Å². The maximum atomic E-state index is 11.7. The number of rotatable bonds is 5. The summed E-state index contributed by atoms with van der Waals surface area (Å²) in [5.41, 5.74) is 0.698. The molecule has 2 amide bonds. The van der Waals surface area contributed by atoms with Crippen molar-refractivity contribution >= 4 is 33.6 Å². The predicted octanol–water partition coefficient (Wildman–Crippen LogP) is 3.46. The normalized spacial score (nSPS) is 11.7. The van der Waals surface area contributed by atoms with Gasteiger partial charge >= 0.3 is 12.0 Å². The second-order valence-corrected chi connectivity index (χ2v) is 5.14. The fourth-order valence-corrected chi connectivity index (χ4v) is 2.11. The SMILES string of the molecule is CCCC(C)NC(=O)Nc1ccc(C(=O)O)cc1Br. The van der Waals surface area contributed by atoms with E-state index < -0.39 is 5.97 Å². The minimum Gasteiger partial charge on any atom is -0.478 e. The second-order valence-electron chi connectivity index (χ2n) is 4.29. The van der Waals surface area contributed by atoms with Crippen molar-refractivity contribution in [2.24, 2.45) is 0 Å². The first kappa shape index (κ1) is 15.5. The van der Waals surface area contributed by atoms with Crippen molar-refractivity contribution in [1.82, 2.24) is 5.32 Å². The number of carbonyl (C=O) groups is 2. The molecule has 0 radical (unpaired) electrons. The summed E-state index contributed by atoms with van der Waals surface area (Å²) in [5.74, 6) is -1.01. The molecule has 0 saturated carbocycles. The van der Waals surface area contributed by atoms with Crippen LogP contribution in [0.4, 0.5) is 10.5 Å². The summed E-state index contributed by atoms with van der Waals surface area (Å²) >= 11 is 3.24. The van der Waals surface area contributed by atoms with Gasteiger partial charge in [-0.15, -0.1) is 0 Å². The number of anilines is 1. The zero-order valence-electron chi connectivity index (χ0n) is 10.9. The highest BCUT2D eigenvalue weighted by atomic mass is 79.9. The van der Waals surface area contributed by atoms with Gasteiger partial charge in [-0.05, 0) is 47.5 Å². The highest BCUT2D eigenvalue weighted by Gasteiger charge is 2.10. The highest BCUT2D eigenvalue weighted by molar-refractivity contribution is 9.10. The second kappa shape index (κ2) is 7.13. The van der Waals surface area contributed by atoms with Crippen LogP contribution in [0.1, 0.15) is 37.0 Å². The van der Waals surface area contributed by atoms with Gasteiger partial charge in [0.05, 0.1) is 11.3 Å². The molecule has 0 heterocycles. The molecule has 1 atom stereocenters. The van der Waals surface area contributed by atoms with Gasteiger partial charge in [0.15, 0.2) is 0 Å². The third kappa shape index (κ3) is 4.90. The molecular weight excluding hydrogens is 312 g/mol. The molecule has 0 aromatic heterocycles. The Labute approximate surface area is 120 Å². The number of halogens is 1. The fourth-order valence-electron chi connectivity index (χ4n) is 1.64. The van der Waals surface area contributed by atoms with Gasteiger partial charge in [-0.3, -0.25) is 0 Å². The number of nitrogens with one attached hydrogen (secondary N) is 2. The van der Waals surface area contributed by atoms with E-state index >= 15 is 0 Å². The molecule has 0 spiro atoms. The summed E-state index contributed by atoms with van der Waals surface area (Å²) in [4.78, 5) is 22.5. The van der Waals surface area contributed by atoms with Gasteiger partial charge in [0.1, 0.15) is 0 Å². The molecule has 104 valence electrons. The first-order valence-electron chi connectivity index (χ1n) is 6.04. The lowest BCUT2D eigenvalue weighted by Crippen LogP contribution is -2.36. The van der Waals surface area contributed by atoms with Gasteiger partial charge in [0, 0.05) is 10.5 Å². The molecule has 0 aliphatic heterocycles. The summed E-state index contributed by atoms with van der Waals surface area (Å²) in [6, 6.07) is 4.25. The molecule has 1 rings (SSSR count). The monoisotopic (exact) mass is 328 g/mol. The Morgan fingerprint density at radius 1 is 1.42 bits per heavy atom. The Kier molecular flexibility index (Phi) is 5.82. The Morgan fingerprint density at radius 3 is 2.63 bits per heavy atom. The number of hydrogen-bond acceptors (Lipinski definition) is 2. The van der Waals surface area contributed by atoms with Crippen LogP contribution >= 0.6 is 15.9 Å². The van der Waals surface area contributed by atoms with Gasteiger partial charge in [0.25, 0.3) is 0 Å². The van der Waals surface area contributed by atoms with E-state index in [1.165, 1.54) is 12.1 Å². The Morgan fingerprint density at radius 2 is 2.11 bits per heavy atom. The number of amides is 2. The van der Waals surface area contributed by atoms with Crippen molar-refractivity contribution in [2.75, 3.05) is 5.32 Å². The molecule has 0 fully saturated rings. The largest absolute Gasteiger partial charge is 0.478 e. The molecule has 1 unspecified atom stereocenters. The Hall–Kier alpha value is -1.56. The van der Waals surface area contributed by atoms with Gasteiger partial charge in [-0.2, -0.15) is 0 Å². The van der Waals surface area contributed by atoms with E-state index in [9.17, 15) is 9.59 Å². The minimum atomic E-state index is -1.01. The minimum absolute atomic E-state index is 0.0991. The van der Waals surface area contributed by atoms with E-state index in [4.69, 9.17) is 5.11 Å². The molecule has 0 bridgehead atoms. The van der Waals surface area contributed by atoms with Crippen LogP contribution in [0.15, 0.2) is 22.7 Å². The summed E-state index contributed by atoms with van der Waals surface area (Å²) in [6.45, 7) is 3.99. The average molecular weight is 329 g/mol. The number of carboxylic acids is 1. The van der Waals surface area contributed by atoms with Crippen molar-refractivity contribution in [2.45, 2.75) is 32.7 Å². The number of urea groups is 1. The van der Waals surface area contributed by atoms with Crippen LogP contribution in [-0.2, 0) is 0 Å². The molecule has 1 aromatic rings. The van der Waals surface area contributed by atoms with Crippen molar-refractivity contribution in [3.63, 3.8) is 0 Å². The van der Waals surface area contributed by atoms with E-state index in [2.05, 4.69) is 33.5 Å². The van der Waals surface area contributed by atoms with Crippen molar-refractivity contribution in [3.05, 3.63) is 28.2 Å². The van der Waals surface area contributed by atoms with Crippen molar-refractivity contribution in [1.29, 1.82) is 0 Å². The van der Waals surface area contributed by atoms with Gasteiger partial charge in [0.2, 0.25) is 0 Å². The number of hydrogen-bond donors (Lipinski definition) is 3. The lowest BCUT2D eigenvalue weighted by molar-refractivity contribution is 0.0697. The van der Waals surface area contributed by atoms with Crippen LogP contribution in [0, 0.1) is 0 Å². The number of carboxylic acid groups (broad SMARTS) is 1. The van der Waals surface area contributed by atoms with E-state index in [1.807, 2.05) is 6.92 Å². The Bertz CT molecular complexity index is 477. The van der Waals surface area contributed by atoms with E-state index in [0.29, 0.717) is 10.2 Å². The van der Waals surface area contributed by atoms with Gasteiger partial charge in [-0.1, -0.05) is 13.3 Å². The molecule has 0 saturated heterocycles. The van der Waals surface area contributed by atoms with Crippen molar-refractivity contribution < 1.29 is 14.7 Å². The zero-order chi connectivity index (χ0) is 14.4. The molecule has 0 aliphatic rings. The van der Waals surface area contributed by atoms with Crippen LogP contribution in [0.25, 0.3) is 0 Å². The molecule has 5 nitrogen and oxygen atoms in total. The van der Waals surface area contributed by atoms with Crippen LogP contribution in [0.5, 0.6) is 0 Å². The Balaban J connectivity index is 2.67. The molecule has 19 heavy (non-hydrogen) atoms. The smallest absolute Gasteiger partial charge is 0.335 e. The number of benzene rings is 1. The third-order valence-electron chi connectivity index (χ3n) is 2.56. The molecule has 0 aliphatic carbocycles. The summed E-state index contributed by atoms with van der Waals surface area (Å²) in [6.07, 6.45) is 1.91. The topological polar surface area (TPSA) is 78.4 Å². The number of aromatic carboxylic acids is 1.